The van der Waals surface area contributed by atoms with Gasteiger partial charge in [-0.1, -0.05) is 11.8 Å². The minimum absolute atomic E-state index is 0.159. The highest BCUT2D eigenvalue weighted by atomic mass is 32.2. The first-order valence-electron chi connectivity index (χ1n) is 5.74. The summed E-state index contributed by atoms with van der Waals surface area (Å²) in [6, 6.07) is 5.25. The highest BCUT2D eigenvalue weighted by Crippen LogP contribution is 2.28. The van der Waals surface area contributed by atoms with E-state index in [-0.39, 0.29) is 16.5 Å². The number of hydrogen-bond acceptors (Lipinski definition) is 5. The highest BCUT2D eigenvalue weighted by Gasteiger charge is 2.34. The zero-order chi connectivity index (χ0) is 16.5. The maximum Gasteiger partial charge on any atom is 0.433 e. The molecule has 116 valence electrons. The van der Waals surface area contributed by atoms with Gasteiger partial charge in [-0.3, -0.25) is 19.5 Å². The molecule has 0 saturated carbocycles. The van der Waals surface area contributed by atoms with Gasteiger partial charge in [0.1, 0.15) is 0 Å². The fourth-order valence-corrected chi connectivity index (χ4v) is 2.27. The summed E-state index contributed by atoms with van der Waals surface area (Å²) in [7, 11) is 0. The molecule has 0 aliphatic rings. The molecule has 0 aliphatic heterocycles. The third kappa shape index (κ3) is 3.11. The summed E-state index contributed by atoms with van der Waals surface area (Å²) < 4.78 is 39.0. The first-order chi connectivity index (χ1) is 10.2. The molecule has 0 amide bonds. The number of alkyl halides is 3. The summed E-state index contributed by atoms with van der Waals surface area (Å²) in [5, 5.41) is 10.4. The van der Waals surface area contributed by atoms with Crippen molar-refractivity contribution >= 4 is 17.4 Å². The third-order valence-electron chi connectivity index (χ3n) is 2.68. The van der Waals surface area contributed by atoms with Crippen molar-refractivity contribution in [3.63, 3.8) is 0 Å². The predicted molar refractivity (Wildman–Crippen MR) is 73.3 cm³/mol. The van der Waals surface area contributed by atoms with E-state index in [4.69, 9.17) is 0 Å². The predicted octanol–water partition coefficient (Wildman–Crippen LogP) is 2.88. The Morgan fingerprint density at radius 2 is 1.86 bits per heavy atom. The van der Waals surface area contributed by atoms with Crippen molar-refractivity contribution in [3.8, 4) is 5.69 Å². The molecule has 0 saturated heterocycles. The molecule has 1 aromatic heterocycles. The molecule has 0 aliphatic carbocycles. The Morgan fingerprint density at radius 1 is 1.27 bits per heavy atom. The molecular formula is C12H8F3N3O3S. The third-order valence-corrected chi connectivity index (χ3v) is 3.32. The van der Waals surface area contributed by atoms with Crippen molar-refractivity contribution in [1.29, 1.82) is 0 Å². The Bertz CT molecular complexity index is 772. The normalized spacial score (nSPS) is 11.5. The number of thioether (sulfide) groups is 1. The molecule has 1 aromatic carbocycles. The van der Waals surface area contributed by atoms with Gasteiger partial charge in [-0.2, -0.15) is 13.2 Å². The van der Waals surface area contributed by atoms with Gasteiger partial charge in [0.15, 0.2) is 10.9 Å². The first kappa shape index (κ1) is 16.0. The van der Waals surface area contributed by atoms with Crippen LogP contribution in [0, 0.1) is 10.1 Å². The molecule has 10 heteroatoms. The Labute approximate surface area is 125 Å². The number of non-ortho nitro benzene ring substituents is 1. The van der Waals surface area contributed by atoms with Gasteiger partial charge >= 0.3 is 6.18 Å². The fourth-order valence-electron chi connectivity index (χ4n) is 1.70. The van der Waals surface area contributed by atoms with Crippen LogP contribution in [0.15, 0.2) is 40.3 Å². The number of hydrogen-bond donors (Lipinski definition) is 0. The molecular weight excluding hydrogens is 323 g/mol. The molecule has 1 heterocycles. The molecule has 22 heavy (non-hydrogen) atoms. The smallest absolute Gasteiger partial charge is 0.269 e. The lowest BCUT2D eigenvalue weighted by Gasteiger charge is -2.13. The van der Waals surface area contributed by atoms with Gasteiger partial charge < -0.3 is 0 Å². The Hall–Kier alpha value is -2.36. The lowest BCUT2D eigenvalue weighted by Crippen LogP contribution is -2.24. The summed E-state index contributed by atoms with van der Waals surface area (Å²) >= 11 is 0.863. The van der Waals surface area contributed by atoms with E-state index in [1.165, 1.54) is 18.4 Å². The van der Waals surface area contributed by atoms with Gasteiger partial charge in [0, 0.05) is 18.2 Å². The number of nitro groups is 1. The van der Waals surface area contributed by atoms with Crippen LogP contribution >= 0.6 is 11.8 Å². The van der Waals surface area contributed by atoms with E-state index in [1.807, 2.05) is 0 Å². The molecule has 0 bridgehead atoms. The largest absolute Gasteiger partial charge is 0.433 e. The summed E-state index contributed by atoms with van der Waals surface area (Å²) in [5.41, 5.74) is -2.19. The second kappa shape index (κ2) is 5.79. The zero-order valence-corrected chi connectivity index (χ0v) is 11.8. The molecule has 0 unspecified atom stereocenters. The van der Waals surface area contributed by atoms with Crippen molar-refractivity contribution in [3.05, 3.63) is 56.5 Å². The molecule has 0 fully saturated rings. The van der Waals surface area contributed by atoms with Crippen molar-refractivity contribution < 1.29 is 18.1 Å². The van der Waals surface area contributed by atoms with Gasteiger partial charge in [-0.25, -0.2) is 4.98 Å². The number of nitrogens with zero attached hydrogens (tertiary/aromatic N) is 3. The van der Waals surface area contributed by atoms with Crippen LogP contribution in [-0.2, 0) is 6.18 Å². The molecule has 0 radical (unpaired) electrons. The van der Waals surface area contributed by atoms with Gasteiger partial charge in [0.25, 0.3) is 11.2 Å². The Morgan fingerprint density at radius 3 is 2.32 bits per heavy atom. The van der Waals surface area contributed by atoms with Crippen LogP contribution in [0.5, 0.6) is 0 Å². The van der Waals surface area contributed by atoms with E-state index in [2.05, 4.69) is 4.98 Å². The summed E-state index contributed by atoms with van der Waals surface area (Å²) in [4.78, 5) is 25.4. The number of halogens is 3. The second-order valence-corrected chi connectivity index (χ2v) is 4.85. The summed E-state index contributed by atoms with van der Waals surface area (Å²) in [6.45, 7) is 0. The van der Waals surface area contributed by atoms with Gasteiger partial charge in [-0.05, 0) is 18.4 Å². The highest BCUT2D eigenvalue weighted by molar-refractivity contribution is 7.98. The Kier molecular flexibility index (Phi) is 4.22. The lowest BCUT2D eigenvalue weighted by molar-refractivity contribution is -0.384. The second-order valence-electron chi connectivity index (χ2n) is 4.07. The van der Waals surface area contributed by atoms with Crippen LogP contribution in [0.3, 0.4) is 0 Å². The van der Waals surface area contributed by atoms with E-state index >= 15 is 0 Å². The number of nitro benzene ring substituents is 1. The minimum atomic E-state index is -4.72. The monoisotopic (exact) mass is 331 g/mol. The lowest BCUT2D eigenvalue weighted by atomic mass is 10.3. The zero-order valence-electron chi connectivity index (χ0n) is 11.0. The SMILES string of the molecule is CSc1nc(C(F)(F)F)cc(=O)n1-c1ccc([N+](=O)[O-])cc1. The van der Waals surface area contributed by atoms with Crippen LogP contribution < -0.4 is 5.56 Å². The van der Waals surface area contributed by atoms with Crippen LogP contribution in [0.1, 0.15) is 5.69 Å². The van der Waals surface area contributed by atoms with Crippen LogP contribution in [0.4, 0.5) is 18.9 Å². The number of benzene rings is 1. The van der Waals surface area contributed by atoms with Crippen LogP contribution in [-0.4, -0.2) is 20.7 Å². The van der Waals surface area contributed by atoms with Crippen molar-refractivity contribution in [2.45, 2.75) is 11.3 Å². The van der Waals surface area contributed by atoms with Gasteiger partial charge in [0.05, 0.1) is 10.6 Å². The molecule has 0 spiro atoms. The quantitative estimate of drug-likeness (QED) is 0.374. The first-order valence-corrected chi connectivity index (χ1v) is 6.96. The Balaban J connectivity index is 2.60. The van der Waals surface area contributed by atoms with E-state index in [0.29, 0.717) is 6.07 Å². The topological polar surface area (TPSA) is 78.0 Å². The minimum Gasteiger partial charge on any atom is -0.269 e. The maximum atomic E-state index is 12.7. The van der Waals surface area contributed by atoms with Crippen molar-refractivity contribution in [1.82, 2.24) is 9.55 Å². The van der Waals surface area contributed by atoms with Gasteiger partial charge in [0.2, 0.25) is 0 Å². The maximum absolute atomic E-state index is 12.7. The van der Waals surface area contributed by atoms with Crippen molar-refractivity contribution in [2.75, 3.05) is 6.26 Å². The van der Waals surface area contributed by atoms with E-state index in [1.54, 1.807) is 0 Å². The van der Waals surface area contributed by atoms with Gasteiger partial charge in [-0.15, -0.1) is 0 Å². The summed E-state index contributed by atoms with van der Waals surface area (Å²) in [6.07, 6.45) is -3.25. The average molecular weight is 331 g/mol. The van der Waals surface area contributed by atoms with Crippen molar-refractivity contribution in [2.24, 2.45) is 0 Å². The molecule has 6 nitrogen and oxygen atoms in total. The fraction of sp³-hybridized carbons (Fsp3) is 0.167. The van der Waals surface area contributed by atoms with Crippen LogP contribution in [0.2, 0.25) is 0 Å². The number of rotatable bonds is 3. The van der Waals surface area contributed by atoms with E-state index in [9.17, 15) is 28.1 Å². The molecule has 2 rings (SSSR count). The molecule has 0 N–H and O–H groups in total. The van der Waals surface area contributed by atoms with E-state index in [0.717, 1.165) is 28.5 Å². The van der Waals surface area contributed by atoms with E-state index < -0.39 is 22.4 Å². The summed E-state index contributed by atoms with van der Waals surface area (Å²) in [5.74, 6) is 0. The standard InChI is InChI=1S/C12H8F3N3O3S/c1-22-11-16-9(12(13,14)15)6-10(19)17(11)7-2-4-8(5-3-7)18(20)21/h2-6H,1H3. The molecule has 2 aromatic rings. The van der Waals surface area contributed by atoms with Crippen LogP contribution in [0.25, 0.3) is 5.69 Å². The molecule has 0 atom stereocenters. The average Bonchev–Trinajstić information content (AvgIpc) is 2.45. The number of aromatic nitrogens is 2.